The molecule has 2 aromatic rings. The van der Waals surface area contributed by atoms with E-state index >= 15 is 0 Å². The Morgan fingerprint density at radius 2 is 2.25 bits per heavy atom. The fraction of sp³-hybridized carbons (Fsp3) is 0.462. The summed E-state index contributed by atoms with van der Waals surface area (Å²) in [5.41, 5.74) is 8.04. The van der Waals surface area contributed by atoms with Crippen molar-refractivity contribution in [2.24, 2.45) is 5.73 Å². The lowest BCUT2D eigenvalue weighted by molar-refractivity contribution is 0.812. The fourth-order valence-corrected chi connectivity index (χ4v) is 2.21. The fourth-order valence-electron chi connectivity index (χ4n) is 2.21. The summed E-state index contributed by atoms with van der Waals surface area (Å²) >= 11 is 0. The zero-order valence-corrected chi connectivity index (χ0v) is 9.39. The zero-order chi connectivity index (χ0) is 11.0. The molecule has 1 saturated carbocycles. The van der Waals surface area contributed by atoms with Gasteiger partial charge in [0.15, 0.2) is 0 Å². The predicted octanol–water partition coefficient (Wildman–Crippen LogP) is 2.10. The molecule has 84 valence electrons. The molecule has 0 bridgehead atoms. The second kappa shape index (κ2) is 3.91. The first kappa shape index (κ1) is 9.85. The molecule has 1 fully saturated rings. The number of rotatable bonds is 4. The maximum absolute atomic E-state index is 5.56. The summed E-state index contributed by atoms with van der Waals surface area (Å²) in [5.74, 6) is 1.95. The van der Waals surface area contributed by atoms with E-state index in [0.717, 1.165) is 19.4 Å². The third-order valence-corrected chi connectivity index (χ3v) is 3.21. The highest BCUT2D eigenvalue weighted by Crippen LogP contribution is 2.40. The summed E-state index contributed by atoms with van der Waals surface area (Å²) in [5, 5.41) is 0. The van der Waals surface area contributed by atoms with Crippen molar-refractivity contribution >= 4 is 5.52 Å². The first-order chi connectivity index (χ1) is 7.90. The Balaban J connectivity index is 2.06. The summed E-state index contributed by atoms with van der Waals surface area (Å²) in [4.78, 5) is 4.80. The van der Waals surface area contributed by atoms with Gasteiger partial charge in [0.05, 0.1) is 11.2 Å². The molecule has 0 unspecified atom stereocenters. The van der Waals surface area contributed by atoms with Crippen LogP contribution in [-0.4, -0.2) is 15.9 Å². The largest absolute Gasteiger partial charge is 0.330 e. The van der Waals surface area contributed by atoms with Gasteiger partial charge in [0, 0.05) is 12.1 Å². The molecule has 16 heavy (non-hydrogen) atoms. The van der Waals surface area contributed by atoms with E-state index in [1.165, 1.54) is 29.9 Å². The van der Waals surface area contributed by atoms with E-state index in [9.17, 15) is 0 Å². The Morgan fingerprint density at radius 1 is 1.38 bits per heavy atom. The van der Waals surface area contributed by atoms with Gasteiger partial charge in [-0.1, -0.05) is 6.07 Å². The summed E-state index contributed by atoms with van der Waals surface area (Å²) < 4.78 is 2.25. The van der Waals surface area contributed by atoms with Gasteiger partial charge < -0.3 is 10.1 Å². The lowest BCUT2D eigenvalue weighted by Crippen LogP contribution is -2.00. The number of aryl methyl sites for hydroxylation is 1. The van der Waals surface area contributed by atoms with E-state index in [1.54, 1.807) is 0 Å². The Hall–Kier alpha value is -1.35. The molecule has 2 aromatic heterocycles. The Bertz CT molecular complexity index is 497. The van der Waals surface area contributed by atoms with Crippen LogP contribution in [0.5, 0.6) is 0 Å². The predicted molar refractivity (Wildman–Crippen MR) is 64.5 cm³/mol. The lowest BCUT2D eigenvalue weighted by Gasteiger charge is -1.97. The standard InChI is InChI=1S/C13H17N3/c14-8-3-4-11-12-5-1-2-9-16(12)13(15-11)10-6-7-10/h1-2,5,9-10H,3-4,6-8,14H2. The minimum Gasteiger partial charge on any atom is -0.330 e. The van der Waals surface area contributed by atoms with Crippen LogP contribution in [0.2, 0.25) is 0 Å². The molecule has 0 saturated heterocycles. The van der Waals surface area contributed by atoms with Gasteiger partial charge in [-0.15, -0.1) is 0 Å². The first-order valence-corrected chi connectivity index (χ1v) is 6.06. The van der Waals surface area contributed by atoms with E-state index in [-0.39, 0.29) is 0 Å². The van der Waals surface area contributed by atoms with Crippen molar-refractivity contribution in [3.8, 4) is 0 Å². The SMILES string of the molecule is NCCCc1nc(C2CC2)n2ccccc12. The minimum atomic E-state index is 0.696. The second-order valence-corrected chi connectivity index (χ2v) is 4.54. The molecule has 0 amide bonds. The number of fused-ring (bicyclic) bond motifs is 1. The van der Waals surface area contributed by atoms with Gasteiger partial charge >= 0.3 is 0 Å². The number of nitrogens with two attached hydrogens (primary N) is 1. The third-order valence-electron chi connectivity index (χ3n) is 3.21. The van der Waals surface area contributed by atoms with Crippen LogP contribution in [0.15, 0.2) is 24.4 Å². The molecule has 0 aliphatic heterocycles. The van der Waals surface area contributed by atoms with Gasteiger partial charge in [0.2, 0.25) is 0 Å². The smallest absolute Gasteiger partial charge is 0.116 e. The summed E-state index contributed by atoms with van der Waals surface area (Å²) in [6.07, 6.45) is 6.74. The van der Waals surface area contributed by atoms with Crippen molar-refractivity contribution in [2.75, 3.05) is 6.54 Å². The highest BCUT2D eigenvalue weighted by molar-refractivity contribution is 5.53. The quantitative estimate of drug-likeness (QED) is 0.848. The first-order valence-electron chi connectivity index (χ1n) is 6.06. The van der Waals surface area contributed by atoms with Gasteiger partial charge in [-0.05, 0) is 44.4 Å². The molecule has 2 N–H and O–H groups in total. The highest BCUT2D eigenvalue weighted by Gasteiger charge is 2.28. The summed E-state index contributed by atoms with van der Waals surface area (Å²) in [6.45, 7) is 0.741. The molecule has 3 nitrogen and oxygen atoms in total. The van der Waals surface area contributed by atoms with E-state index in [1.807, 2.05) is 0 Å². The molecule has 1 aliphatic rings. The normalized spacial score (nSPS) is 15.8. The van der Waals surface area contributed by atoms with Crippen LogP contribution in [0.3, 0.4) is 0 Å². The van der Waals surface area contributed by atoms with E-state index < -0.39 is 0 Å². The second-order valence-electron chi connectivity index (χ2n) is 4.54. The monoisotopic (exact) mass is 215 g/mol. The molecular weight excluding hydrogens is 198 g/mol. The van der Waals surface area contributed by atoms with Crippen LogP contribution in [0.25, 0.3) is 5.52 Å². The van der Waals surface area contributed by atoms with E-state index in [0.29, 0.717) is 5.92 Å². The number of pyridine rings is 1. The number of nitrogens with zero attached hydrogens (tertiary/aromatic N) is 2. The van der Waals surface area contributed by atoms with Crippen LogP contribution in [0.1, 0.15) is 36.7 Å². The molecule has 3 heteroatoms. The van der Waals surface area contributed by atoms with Gasteiger partial charge in [0.25, 0.3) is 0 Å². The number of imidazole rings is 1. The maximum Gasteiger partial charge on any atom is 0.116 e. The van der Waals surface area contributed by atoms with E-state index in [2.05, 4.69) is 28.8 Å². The minimum absolute atomic E-state index is 0.696. The van der Waals surface area contributed by atoms with E-state index in [4.69, 9.17) is 10.7 Å². The van der Waals surface area contributed by atoms with Crippen molar-refractivity contribution in [3.63, 3.8) is 0 Å². The van der Waals surface area contributed by atoms with Gasteiger partial charge in [-0.2, -0.15) is 0 Å². The highest BCUT2D eigenvalue weighted by atomic mass is 15.0. The molecule has 3 rings (SSSR count). The van der Waals surface area contributed by atoms with Gasteiger partial charge in [0.1, 0.15) is 5.82 Å². The average molecular weight is 215 g/mol. The summed E-state index contributed by atoms with van der Waals surface area (Å²) in [7, 11) is 0. The Morgan fingerprint density at radius 3 is 3.00 bits per heavy atom. The van der Waals surface area contributed by atoms with Crippen molar-refractivity contribution in [1.82, 2.24) is 9.38 Å². The number of hydrogen-bond donors (Lipinski definition) is 1. The Kier molecular flexibility index (Phi) is 2.40. The third kappa shape index (κ3) is 1.61. The average Bonchev–Trinajstić information content (AvgIpc) is 3.10. The Labute approximate surface area is 95.3 Å². The van der Waals surface area contributed by atoms with Crippen molar-refractivity contribution in [2.45, 2.75) is 31.6 Å². The van der Waals surface area contributed by atoms with Crippen LogP contribution < -0.4 is 5.73 Å². The molecule has 0 aromatic carbocycles. The summed E-state index contributed by atoms with van der Waals surface area (Å²) in [6, 6.07) is 6.32. The molecule has 0 spiro atoms. The molecule has 1 aliphatic carbocycles. The van der Waals surface area contributed by atoms with Crippen LogP contribution in [0.4, 0.5) is 0 Å². The molecule has 0 radical (unpaired) electrons. The number of aromatic nitrogens is 2. The van der Waals surface area contributed by atoms with Crippen molar-refractivity contribution < 1.29 is 0 Å². The van der Waals surface area contributed by atoms with Crippen LogP contribution in [-0.2, 0) is 6.42 Å². The molecular formula is C13H17N3. The molecule has 0 atom stereocenters. The topological polar surface area (TPSA) is 43.3 Å². The maximum atomic E-state index is 5.56. The molecule has 2 heterocycles. The van der Waals surface area contributed by atoms with Crippen molar-refractivity contribution in [3.05, 3.63) is 35.9 Å². The van der Waals surface area contributed by atoms with Crippen LogP contribution >= 0.6 is 0 Å². The van der Waals surface area contributed by atoms with Crippen LogP contribution in [0, 0.1) is 0 Å². The van der Waals surface area contributed by atoms with Gasteiger partial charge in [-0.25, -0.2) is 4.98 Å². The zero-order valence-electron chi connectivity index (χ0n) is 9.39. The van der Waals surface area contributed by atoms with Crippen molar-refractivity contribution in [1.29, 1.82) is 0 Å². The lowest BCUT2D eigenvalue weighted by atomic mass is 10.2. The van der Waals surface area contributed by atoms with Gasteiger partial charge in [-0.3, -0.25) is 0 Å². The number of hydrogen-bond acceptors (Lipinski definition) is 2.